The Balaban J connectivity index is 2.60. The maximum atomic E-state index is 6.31. The van der Waals surface area contributed by atoms with E-state index in [2.05, 4.69) is 30.3 Å². The Morgan fingerprint density at radius 2 is 2.10 bits per heavy atom. The standard InChI is InChI=1S/C16H23ClN2O/c1-6-16(3,4)10-19-14-9-12(20-5)7-8-13(14)18-15(19)11(2)17/h7-9,11H,6,10H2,1-5H3. The molecule has 0 bridgehead atoms. The van der Waals surface area contributed by atoms with E-state index in [4.69, 9.17) is 16.3 Å². The lowest BCUT2D eigenvalue weighted by Crippen LogP contribution is -2.20. The van der Waals surface area contributed by atoms with Gasteiger partial charge in [-0.3, -0.25) is 0 Å². The van der Waals surface area contributed by atoms with Gasteiger partial charge in [0.05, 0.1) is 23.5 Å². The topological polar surface area (TPSA) is 27.1 Å². The second kappa shape index (κ2) is 5.65. The van der Waals surface area contributed by atoms with Crippen molar-refractivity contribution in [2.24, 2.45) is 5.41 Å². The number of nitrogens with zero attached hydrogens (tertiary/aromatic N) is 2. The second-order valence-electron chi connectivity index (χ2n) is 6.04. The number of imidazole rings is 1. The van der Waals surface area contributed by atoms with E-state index in [0.717, 1.165) is 35.6 Å². The van der Waals surface area contributed by atoms with Gasteiger partial charge in [0.25, 0.3) is 0 Å². The van der Waals surface area contributed by atoms with Crippen molar-refractivity contribution in [3.8, 4) is 5.75 Å². The van der Waals surface area contributed by atoms with E-state index in [1.807, 2.05) is 25.1 Å². The summed E-state index contributed by atoms with van der Waals surface area (Å²) < 4.78 is 7.56. The smallest absolute Gasteiger partial charge is 0.127 e. The first-order valence-corrected chi connectivity index (χ1v) is 7.50. The highest BCUT2D eigenvalue weighted by atomic mass is 35.5. The number of hydrogen-bond donors (Lipinski definition) is 0. The molecule has 0 aliphatic heterocycles. The number of ether oxygens (including phenoxy) is 1. The molecule has 2 rings (SSSR count). The van der Waals surface area contributed by atoms with E-state index >= 15 is 0 Å². The molecule has 3 nitrogen and oxygen atoms in total. The van der Waals surface area contributed by atoms with Crippen LogP contribution in [0.4, 0.5) is 0 Å². The predicted octanol–water partition coefficient (Wildman–Crippen LogP) is 4.78. The van der Waals surface area contributed by atoms with Gasteiger partial charge in [0.2, 0.25) is 0 Å². The number of hydrogen-bond acceptors (Lipinski definition) is 2. The van der Waals surface area contributed by atoms with Crippen molar-refractivity contribution in [1.82, 2.24) is 9.55 Å². The third-order valence-electron chi connectivity index (χ3n) is 3.88. The molecule has 1 aromatic carbocycles. The molecule has 1 atom stereocenters. The van der Waals surface area contributed by atoms with Gasteiger partial charge in [0.1, 0.15) is 11.6 Å². The zero-order chi connectivity index (χ0) is 14.9. The van der Waals surface area contributed by atoms with E-state index in [1.165, 1.54) is 0 Å². The van der Waals surface area contributed by atoms with Crippen molar-refractivity contribution < 1.29 is 4.74 Å². The fraction of sp³-hybridized carbons (Fsp3) is 0.562. The van der Waals surface area contributed by atoms with Crippen molar-refractivity contribution in [2.45, 2.75) is 46.0 Å². The minimum absolute atomic E-state index is 0.110. The summed E-state index contributed by atoms with van der Waals surface area (Å²) in [6.45, 7) is 9.61. The molecule has 1 aromatic heterocycles. The zero-order valence-corrected chi connectivity index (χ0v) is 13.7. The van der Waals surface area contributed by atoms with Gasteiger partial charge >= 0.3 is 0 Å². The molecular weight excluding hydrogens is 272 g/mol. The number of fused-ring (bicyclic) bond motifs is 1. The number of methoxy groups -OCH3 is 1. The molecule has 20 heavy (non-hydrogen) atoms. The fourth-order valence-corrected chi connectivity index (χ4v) is 2.42. The Labute approximate surface area is 125 Å². The van der Waals surface area contributed by atoms with Gasteiger partial charge in [-0.1, -0.05) is 20.8 Å². The van der Waals surface area contributed by atoms with Crippen molar-refractivity contribution in [2.75, 3.05) is 7.11 Å². The largest absolute Gasteiger partial charge is 0.497 e. The lowest BCUT2D eigenvalue weighted by atomic mass is 9.90. The number of rotatable bonds is 5. The molecule has 0 spiro atoms. The van der Waals surface area contributed by atoms with Crippen LogP contribution in [0.5, 0.6) is 5.75 Å². The van der Waals surface area contributed by atoms with E-state index in [1.54, 1.807) is 7.11 Å². The maximum absolute atomic E-state index is 6.31. The maximum Gasteiger partial charge on any atom is 0.127 e. The molecule has 0 fully saturated rings. The highest BCUT2D eigenvalue weighted by Crippen LogP contribution is 2.31. The Kier molecular flexibility index (Phi) is 4.28. The minimum atomic E-state index is -0.110. The predicted molar refractivity (Wildman–Crippen MR) is 84.6 cm³/mol. The van der Waals surface area contributed by atoms with Crippen LogP contribution < -0.4 is 4.74 Å². The highest BCUT2D eigenvalue weighted by Gasteiger charge is 2.22. The van der Waals surface area contributed by atoms with Gasteiger partial charge in [0.15, 0.2) is 0 Å². The van der Waals surface area contributed by atoms with Crippen LogP contribution in [0.1, 0.15) is 45.3 Å². The monoisotopic (exact) mass is 294 g/mol. The highest BCUT2D eigenvalue weighted by molar-refractivity contribution is 6.20. The lowest BCUT2D eigenvalue weighted by Gasteiger charge is -2.25. The molecule has 0 amide bonds. The number of halogens is 1. The summed E-state index contributed by atoms with van der Waals surface area (Å²) in [6.07, 6.45) is 1.10. The van der Waals surface area contributed by atoms with Gasteiger partial charge in [-0.05, 0) is 30.9 Å². The Morgan fingerprint density at radius 1 is 1.40 bits per heavy atom. The Morgan fingerprint density at radius 3 is 2.65 bits per heavy atom. The van der Waals surface area contributed by atoms with Crippen molar-refractivity contribution >= 4 is 22.6 Å². The molecule has 0 saturated carbocycles. The summed E-state index contributed by atoms with van der Waals surface area (Å²) >= 11 is 6.31. The van der Waals surface area contributed by atoms with E-state index in [9.17, 15) is 0 Å². The summed E-state index contributed by atoms with van der Waals surface area (Å²) in [7, 11) is 1.68. The first-order valence-electron chi connectivity index (χ1n) is 7.06. The molecule has 1 heterocycles. The summed E-state index contributed by atoms with van der Waals surface area (Å²) in [5, 5.41) is -0.110. The molecule has 0 radical (unpaired) electrons. The van der Waals surface area contributed by atoms with Gasteiger partial charge in [0, 0.05) is 12.6 Å². The zero-order valence-electron chi connectivity index (χ0n) is 12.9. The van der Waals surface area contributed by atoms with Gasteiger partial charge < -0.3 is 9.30 Å². The summed E-state index contributed by atoms with van der Waals surface area (Å²) in [5.74, 6) is 1.78. The number of benzene rings is 1. The van der Waals surface area contributed by atoms with Gasteiger partial charge in [-0.25, -0.2) is 4.98 Å². The first-order chi connectivity index (χ1) is 9.38. The fourth-order valence-electron chi connectivity index (χ4n) is 2.26. The average molecular weight is 295 g/mol. The quantitative estimate of drug-likeness (QED) is 0.742. The van der Waals surface area contributed by atoms with Crippen LogP contribution in [0.25, 0.3) is 11.0 Å². The second-order valence-corrected chi connectivity index (χ2v) is 6.70. The molecule has 0 aliphatic rings. The Bertz CT molecular complexity index is 602. The summed E-state index contributed by atoms with van der Waals surface area (Å²) in [5.41, 5.74) is 2.27. The van der Waals surface area contributed by atoms with E-state index in [-0.39, 0.29) is 10.8 Å². The van der Waals surface area contributed by atoms with Gasteiger partial charge in [-0.15, -0.1) is 11.6 Å². The van der Waals surface area contributed by atoms with Crippen LogP contribution >= 0.6 is 11.6 Å². The van der Waals surface area contributed by atoms with E-state index < -0.39 is 0 Å². The van der Waals surface area contributed by atoms with Crippen molar-refractivity contribution in [3.63, 3.8) is 0 Å². The molecule has 2 aromatic rings. The van der Waals surface area contributed by atoms with E-state index in [0.29, 0.717) is 0 Å². The third-order valence-corrected chi connectivity index (χ3v) is 4.08. The van der Waals surface area contributed by atoms with Crippen molar-refractivity contribution in [3.05, 3.63) is 24.0 Å². The van der Waals surface area contributed by atoms with Crippen LogP contribution in [-0.4, -0.2) is 16.7 Å². The van der Waals surface area contributed by atoms with Crippen LogP contribution in [-0.2, 0) is 6.54 Å². The normalized spacial score (nSPS) is 13.7. The molecule has 0 N–H and O–H groups in total. The minimum Gasteiger partial charge on any atom is -0.497 e. The molecular formula is C16H23ClN2O. The molecule has 0 aliphatic carbocycles. The lowest BCUT2D eigenvalue weighted by molar-refractivity contribution is 0.294. The van der Waals surface area contributed by atoms with Crippen LogP contribution in [0.2, 0.25) is 0 Å². The third kappa shape index (κ3) is 2.93. The van der Waals surface area contributed by atoms with Gasteiger partial charge in [-0.2, -0.15) is 0 Å². The van der Waals surface area contributed by atoms with Crippen LogP contribution in [0.15, 0.2) is 18.2 Å². The Hall–Kier alpha value is -1.22. The molecule has 110 valence electrons. The van der Waals surface area contributed by atoms with Crippen LogP contribution in [0, 0.1) is 5.41 Å². The first kappa shape index (κ1) is 15.2. The SMILES string of the molecule is CCC(C)(C)Cn1c(C(C)Cl)nc2ccc(OC)cc21. The molecule has 0 saturated heterocycles. The number of aromatic nitrogens is 2. The van der Waals surface area contributed by atoms with Crippen LogP contribution in [0.3, 0.4) is 0 Å². The molecule has 1 unspecified atom stereocenters. The molecule has 4 heteroatoms. The van der Waals surface area contributed by atoms with Crippen molar-refractivity contribution in [1.29, 1.82) is 0 Å². The average Bonchev–Trinajstić information content (AvgIpc) is 2.76. The summed E-state index contributed by atoms with van der Waals surface area (Å²) in [6, 6.07) is 5.97. The number of alkyl halides is 1. The summed E-state index contributed by atoms with van der Waals surface area (Å²) in [4.78, 5) is 4.68.